The third-order valence-corrected chi connectivity index (χ3v) is 4.64. The van der Waals surface area contributed by atoms with Gasteiger partial charge in [-0.15, -0.1) is 0 Å². The molecule has 1 N–H and O–H groups in total. The summed E-state index contributed by atoms with van der Waals surface area (Å²) in [5, 5.41) is 6.34. The molecular formula is C21H13F6N3. The van der Waals surface area contributed by atoms with E-state index in [1.165, 1.54) is 6.07 Å². The zero-order chi connectivity index (χ0) is 21.5. The summed E-state index contributed by atoms with van der Waals surface area (Å²) in [6, 6.07) is 6.28. The SMILES string of the molecule is FC(F)(F)c1ccc(-c2cc(C#Cc3cccnc3C3CC3)[nH]n2)c(C(F)(F)F)c1. The molecule has 0 amide bonds. The largest absolute Gasteiger partial charge is 0.417 e. The summed E-state index contributed by atoms with van der Waals surface area (Å²) < 4.78 is 78.6. The fourth-order valence-electron chi connectivity index (χ4n) is 3.04. The van der Waals surface area contributed by atoms with Gasteiger partial charge in [0, 0.05) is 23.2 Å². The quantitative estimate of drug-likeness (QED) is 0.421. The van der Waals surface area contributed by atoms with Gasteiger partial charge in [0.2, 0.25) is 0 Å². The molecule has 1 saturated carbocycles. The molecule has 30 heavy (non-hydrogen) atoms. The minimum atomic E-state index is -4.98. The number of halogens is 6. The van der Waals surface area contributed by atoms with Gasteiger partial charge in [-0.1, -0.05) is 12.0 Å². The first-order valence-electron chi connectivity index (χ1n) is 8.94. The minimum absolute atomic E-state index is 0.0902. The second kappa shape index (κ2) is 7.20. The summed E-state index contributed by atoms with van der Waals surface area (Å²) in [5.41, 5.74) is -1.55. The lowest BCUT2D eigenvalue weighted by atomic mass is 10.0. The zero-order valence-electron chi connectivity index (χ0n) is 15.2. The number of nitrogens with zero attached hydrogens (tertiary/aromatic N) is 2. The van der Waals surface area contributed by atoms with Gasteiger partial charge in [-0.3, -0.25) is 10.1 Å². The first-order valence-corrected chi connectivity index (χ1v) is 8.94. The van der Waals surface area contributed by atoms with Gasteiger partial charge in [-0.25, -0.2) is 0 Å². The Hall–Kier alpha value is -3.28. The Balaban J connectivity index is 1.69. The van der Waals surface area contributed by atoms with Gasteiger partial charge in [0.25, 0.3) is 0 Å². The summed E-state index contributed by atoms with van der Waals surface area (Å²) in [4.78, 5) is 4.33. The fraction of sp³-hybridized carbons (Fsp3) is 0.238. The molecule has 3 nitrogen and oxygen atoms in total. The topological polar surface area (TPSA) is 41.6 Å². The first kappa shape index (κ1) is 20.0. The maximum atomic E-state index is 13.4. The predicted molar refractivity (Wildman–Crippen MR) is 96.2 cm³/mol. The molecule has 1 aromatic carbocycles. The number of hydrogen-bond acceptors (Lipinski definition) is 2. The van der Waals surface area contributed by atoms with Crippen molar-refractivity contribution in [3.8, 4) is 23.1 Å². The van der Waals surface area contributed by atoms with Crippen LogP contribution in [0.1, 0.15) is 46.8 Å². The number of aromatic nitrogens is 3. The maximum Gasteiger partial charge on any atom is 0.417 e. The molecule has 0 bridgehead atoms. The van der Waals surface area contributed by atoms with E-state index in [0.29, 0.717) is 12.0 Å². The molecule has 1 aliphatic carbocycles. The van der Waals surface area contributed by atoms with Crippen molar-refractivity contribution >= 4 is 0 Å². The van der Waals surface area contributed by atoms with Gasteiger partial charge < -0.3 is 0 Å². The molecule has 0 spiro atoms. The number of alkyl halides is 6. The standard InChI is InChI=1S/C21H13F6N3/c22-20(23,24)14-6-8-16(17(10-14)21(25,26)27)18-11-15(29-30-18)7-5-12-2-1-9-28-19(12)13-3-4-13/h1-2,6,8-11,13H,3-4H2,(H,29,30). The molecule has 1 aliphatic rings. The van der Waals surface area contributed by atoms with E-state index < -0.39 is 29.0 Å². The Bertz CT molecular complexity index is 1140. The number of pyridine rings is 1. The fourth-order valence-corrected chi connectivity index (χ4v) is 3.04. The lowest BCUT2D eigenvalue weighted by Crippen LogP contribution is -2.12. The van der Waals surface area contributed by atoms with Gasteiger partial charge in [-0.05, 0) is 49.1 Å². The molecule has 2 aromatic heterocycles. The summed E-state index contributed by atoms with van der Waals surface area (Å²) in [5.74, 6) is 6.10. The van der Waals surface area contributed by atoms with Crippen LogP contribution in [0, 0.1) is 11.8 Å². The van der Waals surface area contributed by atoms with Crippen LogP contribution in [-0.2, 0) is 12.4 Å². The van der Waals surface area contributed by atoms with Crippen LogP contribution < -0.4 is 0 Å². The Morgan fingerprint density at radius 2 is 1.70 bits per heavy atom. The van der Waals surface area contributed by atoms with Crippen molar-refractivity contribution in [1.82, 2.24) is 15.2 Å². The van der Waals surface area contributed by atoms with Gasteiger partial charge in [0.05, 0.1) is 22.5 Å². The Morgan fingerprint density at radius 1 is 0.933 bits per heavy atom. The van der Waals surface area contributed by atoms with Crippen molar-refractivity contribution in [3.63, 3.8) is 0 Å². The maximum absolute atomic E-state index is 13.4. The summed E-state index contributed by atoms with van der Waals surface area (Å²) in [6.45, 7) is 0. The Morgan fingerprint density at radius 3 is 2.37 bits per heavy atom. The highest BCUT2D eigenvalue weighted by atomic mass is 19.4. The van der Waals surface area contributed by atoms with Crippen LogP contribution in [0.5, 0.6) is 0 Å². The zero-order valence-corrected chi connectivity index (χ0v) is 15.2. The summed E-state index contributed by atoms with van der Waals surface area (Å²) in [7, 11) is 0. The minimum Gasteiger partial charge on any atom is -0.269 e. The lowest BCUT2D eigenvalue weighted by molar-refractivity contribution is -0.142. The van der Waals surface area contributed by atoms with E-state index in [1.807, 2.05) is 6.07 Å². The van der Waals surface area contributed by atoms with E-state index in [4.69, 9.17) is 0 Å². The number of benzene rings is 1. The molecule has 154 valence electrons. The molecular weight excluding hydrogens is 408 g/mol. The number of H-pyrrole nitrogens is 1. The van der Waals surface area contributed by atoms with Crippen molar-refractivity contribution < 1.29 is 26.3 Å². The van der Waals surface area contributed by atoms with Gasteiger partial charge in [0.1, 0.15) is 5.69 Å². The predicted octanol–water partition coefficient (Wildman–Crippen LogP) is 5.79. The van der Waals surface area contributed by atoms with Crippen LogP contribution in [0.15, 0.2) is 42.6 Å². The van der Waals surface area contributed by atoms with Crippen LogP contribution >= 0.6 is 0 Å². The van der Waals surface area contributed by atoms with E-state index in [2.05, 4.69) is 27.0 Å². The molecule has 0 saturated heterocycles. The molecule has 4 rings (SSSR count). The van der Waals surface area contributed by atoms with E-state index >= 15 is 0 Å². The monoisotopic (exact) mass is 421 g/mol. The highest BCUT2D eigenvalue weighted by Gasteiger charge is 2.38. The average Bonchev–Trinajstić information content (AvgIpc) is 3.42. The molecule has 1 fully saturated rings. The summed E-state index contributed by atoms with van der Waals surface area (Å²) >= 11 is 0. The molecule has 0 aliphatic heterocycles. The third-order valence-electron chi connectivity index (χ3n) is 4.64. The number of hydrogen-bond donors (Lipinski definition) is 1. The number of nitrogens with one attached hydrogen (secondary N) is 1. The second-order valence-corrected chi connectivity index (χ2v) is 6.88. The van der Waals surface area contributed by atoms with Crippen molar-refractivity contribution in [2.75, 3.05) is 0 Å². The molecule has 9 heteroatoms. The van der Waals surface area contributed by atoms with Crippen molar-refractivity contribution in [1.29, 1.82) is 0 Å². The van der Waals surface area contributed by atoms with E-state index in [1.54, 1.807) is 12.3 Å². The molecule has 0 atom stereocenters. The molecule has 2 heterocycles. The van der Waals surface area contributed by atoms with Crippen molar-refractivity contribution in [3.05, 3.63) is 70.7 Å². The van der Waals surface area contributed by atoms with Gasteiger partial charge in [-0.2, -0.15) is 31.4 Å². The van der Waals surface area contributed by atoms with E-state index in [-0.39, 0.29) is 17.5 Å². The summed E-state index contributed by atoms with van der Waals surface area (Å²) in [6.07, 6.45) is -6.11. The van der Waals surface area contributed by atoms with Crippen LogP contribution in [0.25, 0.3) is 11.3 Å². The highest BCUT2D eigenvalue weighted by Crippen LogP contribution is 2.41. The molecule has 3 aromatic rings. The second-order valence-electron chi connectivity index (χ2n) is 6.88. The normalized spacial score (nSPS) is 14.3. The van der Waals surface area contributed by atoms with Gasteiger partial charge >= 0.3 is 12.4 Å². The van der Waals surface area contributed by atoms with Crippen LogP contribution in [0.4, 0.5) is 26.3 Å². The lowest BCUT2D eigenvalue weighted by Gasteiger charge is -2.14. The van der Waals surface area contributed by atoms with Crippen molar-refractivity contribution in [2.45, 2.75) is 31.1 Å². The molecule has 0 radical (unpaired) electrons. The van der Waals surface area contributed by atoms with Gasteiger partial charge in [0.15, 0.2) is 0 Å². The number of aromatic amines is 1. The Kier molecular flexibility index (Phi) is 4.80. The van der Waals surface area contributed by atoms with E-state index in [9.17, 15) is 26.3 Å². The highest BCUT2D eigenvalue weighted by molar-refractivity contribution is 5.66. The third kappa shape index (κ3) is 4.17. The number of rotatable bonds is 2. The van der Waals surface area contributed by atoms with Crippen molar-refractivity contribution in [2.24, 2.45) is 0 Å². The Labute approximate surface area is 167 Å². The molecule has 0 unspecified atom stereocenters. The average molecular weight is 421 g/mol. The first-order chi connectivity index (χ1) is 14.1. The van der Waals surface area contributed by atoms with E-state index in [0.717, 1.165) is 30.2 Å². The van der Waals surface area contributed by atoms with Crippen LogP contribution in [0.2, 0.25) is 0 Å². The smallest absolute Gasteiger partial charge is 0.269 e. The van der Waals surface area contributed by atoms with Crippen LogP contribution in [0.3, 0.4) is 0 Å². The van der Waals surface area contributed by atoms with Crippen LogP contribution in [-0.4, -0.2) is 15.2 Å².